The number of aliphatic carboxylic acids is 1. The van der Waals surface area contributed by atoms with E-state index in [9.17, 15) is 9.59 Å². The van der Waals surface area contributed by atoms with Crippen molar-refractivity contribution in [3.63, 3.8) is 0 Å². The number of carbonyl (C=O) groups is 2. The Hall–Kier alpha value is -3.62. The summed E-state index contributed by atoms with van der Waals surface area (Å²) >= 11 is 2.80. The number of carboxylic acid groups (broad SMARTS) is 1. The number of nitrogens with zero attached hydrogens (tertiary/aromatic N) is 1. The molecule has 1 N–H and O–H groups in total. The van der Waals surface area contributed by atoms with Gasteiger partial charge in [-0.05, 0) is 53.6 Å². The van der Waals surface area contributed by atoms with Crippen LogP contribution in [0.3, 0.4) is 0 Å². The molecule has 0 aliphatic carbocycles. The van der Waals surface area contributed by atoms with Gasteiger partial charge < -0.3 is 14.6 Å². The molecule has 3 aromatic carbocycles. The summed E-state index contributed by atoms with van der Waals surface area (Å²) in [5.41, 5.74) is 3.24. The summed E-state index contributed by atoms with van der Waals surface area (Å²) in [5, 5.41) is 9.95. The molecule has 0 atom stereocenters. The van der Waals surface area contributed by atoms with Crippen LogP contribution in [0.5, 0.6) is 5.75 Å². The Morgan fingerprint density at radius 3 is 2.44 bits per heavy atom. The lowest BCUT2D eigenvalue weighted by Gasteiger charge is -2.08. The molecular formula is C26H21NO5S2. The van der Waals surface area contributed by atoms with Crippen LogP contribution < -0.4 is 4.74 Å². The van der Waals surface area contributed by atoms with Crippen molar-refractivity contribution in [1.82, 2.24) is 4.98 Å². The van der Waals surface area contributed by atoms with Gasteiger partial charge in [-0.2, -0.15) is 0 Å². The third-order valence-corrected chi connectivity index (χ3v) is 7.03. The molecule has 0 amide bonds. The molecule has 6 nitrogen and oxygen atoms in total. The van der Waals surface area contributed by atoms with Crippen molar-refractivity contribution in [2.45, 2.75) is 6.61 Å². The van der Waals surface area contributed by atoms with Gasteiger partial charge in [-0.1, -0.05) is 36.4 Å². The lowest BCUT2D eigenvalue weighted by Crippen LogP contribution is -2.02. The maximum absolute atomic E-state index is 11.5. The number of para-hydroxylation sites is 1. The fraction of sp³-hybridized carbons (Fsp3) is 0.115. The average Bonchev–Trinajstić information content (AvgIpc) is 3.30. The first kappa shape index (κ1) is 23.5. The standard InChI is InChI=1S/C26H21NO5S2/c1-31-26(30)19-10-6-18(7-11-19)15-32-20-12-8-17(9-13-20)14-23(33-16-24(28)29)25-27-21-4-2-3-5-22(21)34-25/h2-14H,15-16H2,1H3,(H,28,29)/b23-14-. The zero-order chi connectivity index (χ0) is 23.9. The van der Waals surface area contributed by atoms with Gasteiger partial charge in [-0.3, -0.25) is 4.79 Å². The Morgan fingerprint density at radius 2 is 1.76 bits per heavy atom. The highest BCUT2D eigenvalue weighted by Crippen LogP contribution is 2.35. The lowest BCUT2D eigenvalue weighted by molar-refractivity contribution is -0.133. The summed E-state index contributed by atoms with van der Waals surface area (Å²) in [6.45, 7) is 0.363. The van der Waals surface area contributed by atoms with Crippen molar-refractivity contribution in [3.05, 3.63) is 94.5 Å². The van der Waals surface area contributed by atoms with Gasteiger partial charge in [0.1, 0.15) is 17.4 Å². The van der Waals surface area contributed by atoms with Gasteiger partial charge in [0.2, 0.25) is 0 Å². The molecule has 0 spiro atoms. The van der Waals surface area contributed by atoms with Crippen molar-refractivity contribution in [1.29, 1.82) is 0 Å². The monoisotopic (exact) mass is 491 g/mol. The van der Waals surface area contributed by atoms with Crippen LogP contribution in [0, 0.1) is 0 Å². The second-order valence-electron chi connectivity index (χ2n) is 7.22. The zero-order valence-electron chi connectivity index (χ0n) is 18.3. The van der Waals surface area contributed by atoms with Crippen LogP contribution in [-0.4, -0.2) is 34.9 Å². The van der Waals surface area contributed by atoms with Gasteiger partial charge in [-0.15, -0.1) is 23.1 Å². The lowest BCUT2D eigenvalue weighted by atomic mass is 10.1. The van der Waals surface area contributed by atoms with E-state index in [0.717, 1.165) is 31.3 Å². The molecule has 0 aliphatic heterocycles. The highest BCUT2D eigenvalue weighted by molar-refractivity contribution is 8.09. The summed E-state index contributed by atoms with van der Waals surface area (Å²) in [5.74, 6) is -0.588. The number of hydrogen-bond acceptors (Lipinski definition) is 7. The van der Waals surface area contributed by atoms with Crippen LogP contribution in [0.15, 0.2) is 72.8 Å². The molecular weight excluding hydrogens is 470 g/mol. The Labute approximate surface area is 204 Å². The summed E-state index contributed by atoms with van der Waals surface area (Å²) in [4.78, 5) is 28.2. The largest absolute Gasteiger partial charge is 0.489 e. The smallest absolute Gasteiger partial charge is 0.337 e. The number of fused-ring (bicyclic) bond motifs is 1. The van der Waals surface area contributed by atoms with E-state index in [1.54, 1.807) is 23.5 Å². The van der Waals surface area contributed by atoms with Crippen molar-refractivity contribution in [3.8, 4) is 5.75 Å². The fourth-order valence-electron chi connectivity index (χ4n) is 3.12. The topological polar surface area (TPSA) is 85.7 Å². The molecule has 0 radical (unpaired) electrons. The quantitative estimate of drug-likeness (QED) is 0.288. The molecule has 8 heteroatoms. The van der Waals surface area contributed by atoms with Crippen LogP contribution in [0.4, 0.5) is 0 Å². The van der Waals surface area contributed by atoms with Gasteiger partial charge in [-0.25, -0.2) is 9.78 Å². The molecule has 4 aromatic rings. The molecule has 0 fully saturated rings. The van der Waals surface area contributed by atoms with Crippen LogP contribution in [0.2, 0.25) is 0 Å². The van der Waals surface area contributed by atoms with E-state index >= 15 is 0 Å². The zero-order valence-corrected chi connectivity index (χ0v) is 19.9. The SMILES string of the molecule is COC(=O)c1ccc(COc2ccc(/C=C(\SCC(=O)O)c3nc4ccccc4s3)cc2)cc1. The number of benzene rings is 3. The molecule has 172 valence electrons. The normalized spacial score (nSPS) is 11.4. The Kier molecular flexibility index (Phi) is 7.61. The Morgan fingerprint density at radius 1 is 1.03 bits per heavy atom. The Bertz CT molecular complexity index is 1290. The average molecular weight is 492 g/mol. The molecule has 0 aliphatic rings. The highest BCUT2D eigenvalue weighted by atomic mass is 32.2. The van der Waals surface area contributed by atoms with Crippen LogP contribution in [-0.2, 0) is 16.1 Å². The summed E-state index contributed by atoms with van der Waals surface area (Å²) in [6, 6.07) is 22.5. The second-order valence-corrected chi connectivity index (χ2v) is 9.27. The number of methoxy groups -OCH3 is 1. The maximum Gasteiger partial charge on any atom is 0.337 e. The number of thiazole rings is 1. The summed E-state index contributed by atoms with van der Waals surface area (Å²) in [7, 11) is 1.35. The molecule has 1 heterocycles. The number of aromatic nitrogens is 1. The van der Waals surface area contributed by atoms with E-state index in [0.29, 0.717) is 17.9 Å². The third-order valence-electron chi connectivity index (χ3n) is 4.81. The second kappa shape index (κ2) is 11.0. The van der Waals surface area contributed by atoms with E-state index in [2.05, 4.69) is 4.98 Å². The molecule has 1 aromatic heterocycles. The number of rotatable bonds is 9. The summed E-state index contributed by atoms with van der Waals surface area (Å²) < 4.78 is 11.6. The van der Waals surface area contributed by atoms with Gasteiger partial charge >= 0.3 is 11.9 Å². The molecule has 0 saturated carbocycles. The van der Waals surface area contributed by atoms with Gasteiger partial charge in [0.15, 0.2) is 0 Å². The minimum absolute atomic E-state index is 0.0439. The van der Waals surface area contributed by atoms with E-state index in [1.807, 2.05) is 66.7 Å². The third kappa shape index (κ3) is 6.03. The highest BCUT2D eigenvalue weighted by Gasteiger charge is 2.12. The minimum Gasteiger partial charge on any atom is -0.489 e. The van der Waals surface area contributed by atoms with E-state index < -0.39 is 5.97 Å². The molecule has 0 saturated heterocycles. The summed E-state index contributed by atoms with van der Waals surface area (Å²) in [6.07, 6.45) is 1.95. The van der Waals surface area contributed by atoms with Crippen molar-refractivity contribution < 1.29 is 24.2 Å². The number of hydrogen-bond donors (Lipinski definition) is 1. The number of carbonyl (C=O) groups excluding carboxylic acids is 1. The van der Waals surface area contributed by atoms with Crippen LogP contribution >= 0.6 is 23.1 Å². The minimum atomic E-state index is -0.875. The first-order valence-corrected chi connectivity index (χ1v) is 12.1. The maximum atomic E-state index is 11.5. The number of thioether (sulfide) groups is 1. The van der Waals surface area contributed by atoms with E-state index in [1.165, 1.54) is 18.9 Å². The van der Waals surface area contributed by atoms with Crippen LogP contribution in [0.25, 0.3) is 21.2 Å². The fourth-order valence-corrected chi connectivity index (χ4v) is 4.96. The van der Waals surface area contributed by atoms with Crippen molar-refractivity contribution in [2.75, 3.05) is 12.9 Å². The first-order chi connectivity index (χ1) is 16.5. The van der Waals surface area contributed by atoms with Gasteiger partial charge in [0.25, 0.3) is 0 Å². The molecule has 34 heavy (non-hydrogen) atoms. The van der Waals surface area contributed by atoms with Gasteiger partial charge in [0, 0.05) is 4.91 Å². The molecule has 0 unspecified atom stereocenters. The first-order valence-electron chi connectivity index (χ1n) is 10.3. The van der Waals surface area contributed by atoms with E-state index in [-0.39, 0.29) is 11.7 Å². The number of esters is 1. The predicted molar refractivity (Wildman–Crippen MR) is 136 cm³/mol. The van der Waals surface area contributed by atoms with E-state index in [4.69, 9.17) is 14.6 Å². The molecule has 4 rings (SSSR count). The van der Waals surface area contributed by atoms with Crippen molar-refractivity contribution in [2.24, 2.45) is 0 Å². The van der Waals surface area contributed by atoms with Crippen LogP contribution in [0.1, 0.15) is 26.5 Å². The van der Waals surface area contributed by atoms with Crippen molar-refractivity contribution >= 4 is 56.2 Å². The number of ether oxygens (including phenoxy) is 2. The number of carboxylic acids is 1. The Balaban J connectivity index is 1.47. The predicted octanol–water partition coefficient (Wildman–Crippen LogP) is 5.98. The van der Waals surface area contributed by atoms with Gasteiger partial charge in [0.05, 0.1) is 28.6 Å². The molecule has 0 bridgehead atoms.